The number of pyridine rings is 1. The summed E-state index contributed by atoms with van der Waals surface area (Å²) in [6.45, 7) is 0.412. The summed E-state index contributed by atoms with van der Waals surface area (Å²) in [6, 6.07) is 18.7. The monoisotopic (exact) mass is 402 g/mol. The molecule has 0 atom stereocenters. The average Bonchev–Trinajstić information content (AvgIpc) is 2.78. The van der Waals surface area contributed by atoms with Crippen LogP contribution < -0.4 is 15.7 Å². The Labute approximate surface area is 171 Å². The lowest BCUT2D eigenvalue weighted by molar-refractivity contribution is 0.0678. The third-order valence-electron chi connectivity index (χ3n) is 4.53. The average molecular weight is 402 g/mol. The van der Waals surface area contributed by atoms with Crippen LogP contribution in [-0.2, 0) is 13.2 Å². The van der Waals surface area contributed by atoms with E-state index in [2.05, 4.69) is 15.3 Å². The fourth-order valence-corrected chi connectivity index (χ4v) is 3.10. The van der Waals surface area contributed by atoms with Crippen LogP contribution in [-0.4, -0.2) is 25.8 Å². The molecule has 4 rings (SSSR count). The van der Waals surface area contributed by atoms with E-state index in [0.717, 1.165) is 15.9 Å². The van der Waals surface area contributed by atoms with Crippen LogP contribution in [0.2, 0.25) is 0 Å². The van der Waals surface area contributed by atoms with E-state index in [9.17, 15) is 14.7 Å². The molecule has 2 aromatic heterocycles. The first-order chi connectivity index (χ1) is 14.6. The summed E-state index contributed by atoms with van der Waals surface area (Å²) >= 11 is 0. The van der Waals surface area contributed by atoms with Crippen molar-refractivity contribution in [1.29, 1.82) is 0 Å². The van der Waals surface area contributed by atoms with Gasteiger partial charge in [0.1, 0.15) is 12.9 Å². The molecule has 2 N–H and O–H groups in total. The Bertz CT molecular complexity index is 1240. The van der Waals surface area contributed by atoms with Gasteiger partial charge < -0.3 is 15.3 Å². The van der Waals surface area contributed by atoms with Crippen molar-refractivity contribution < 1.29 is 14.7 Å². The minimum absolute atomic E-state index is 0.0791. The van der Waals surface area contributed by atoms with Gasteiger partial charge in [0.25, 0.3) is 0 Å². The van der Waals surface area contributed by atoms with Crippen LogP contribution in [0.15, 0.2) is 78.0 Å². The van der Waals surface area contributed by atoms with E-state index >= 15 is 0 Å². The summed E-state index contributed by atoms with van der Waals surface area (Å²) in [5.41, 5.74) is 0.873. The number of fused-ring (bicyclic) bond motifs is 1. The molecule has 0 aliphatic carbocycles. The maximum Gasteiger partial charge on any atom is 0.343 e. The van der Waals surface area contributed by atoms with Gasteiger partial charge in [0.2, 0.25) is 0 Å². The van der Waals surface area contributed by atoms with Crippen LogP contribution in [0.1, 0.15) is 21.5 Å². The summed E-state index contributed by atoms with van der Waals surface area (Å²) in [4.78, 5) is 38.8. The van der Waals surface area contributed by atoms with Crippen LogP contribution in [0.4, 0.5) is 5.69 Å². The van der Waals surface area contributed by atoms with Gasteiger partial charge >= 0.3 is 11.5 Å². The third kappa shape index (κ3) is 3.83. The van der Waals surface area contributed by atoms with Crippen molar-refractivity contribution in [2.24, 2.45) is 0 Å². The molecule has 0 fully saturated rings. The molecule has 0 unspecified atom stereocenters. The Morgan fingerprint density at radius 2 is 1.70 bits per heavy atom. The normalized spacial score (nSPS) is 10.7. The van der Waals surface area contributed by atoms with Crippen molar-refractivity contribution in [1.82, 2.24) is 14.7 Å². The molecule has 30 heavy (non-hydrogen) atoms. The lowest BCUT2D eigenvalue weighted by atomic mass is 10.1. The quantitative estimate of drug-likeness (QED) is 0.489. The van der Waals surface area contributed by atoms with Gasteiger partial charge in [0.15, 0.2) is 11.2 Å². The number of aromatic nitrogens is 3. The largest absolute Gasteiger partial charge is 0.477 e. The Kier molecular flexibility index (Phi) is 5.38. The standard InChI is InChI=1S/C22H18N4O4/c27-21-18(22(28)29)19(24-11-15-7-3-1-4-8-15)17-12-23-14-25-20(17)26(21)30-13-16-9-5-2-6-10-16/h1-10,12,14,24H,11,13H2,(H,28,29). The van der Waals surface area contributed by atoms with Gasteiger partial charge in [-0.2, -0.15) is 0 Å². The van der Waals surface area contributed by atoms with Crippen molar-refractivity contribution in [2.45, 2.75) is 13.2 Å². The second-order valence-corrected chi connectivity index (χ2v) is 6.51. The minimum Gasteiger partial charge on any atom is -0.477 e. The van der Waals surface area contributed by atoms with Gasteiger partial charge in [-0.1, -0.05) is 60.7 Å². The molecule has 0 aliphatic rings. The fourth-order valence-electron chi connectivity index (χ4n) is 3.10. The molecule has 0 saturated carbocycles. The molecular formula is C22H18N4O4. The Morgan fingerprint density at radius 1 is 1.03 bits per heavy atom. The van der Waals surface area contributed by atoms with E-state index in [0.29, 0.717) is 11.9 Å². The third-order valence-corrected chi connectivity index (χ3v) is 4.53. The maximum atomic E-state index is 13.0. The molecule has 8 nitrogen and oxygen atoms in total. The lowest BCUT2D eigenvalue weighted by Crippen LogP contribution is -2.33. The first-order valence-electron chi connectivity index (χ1n) is 9.22. The minimum atomic E-state index is -1.36. The number of nitrogens with one attached hydrogen (secondary N) is 1. The Morgan fingerprint density at radius 3 is 2.37 bits per heavy atom. The zero-order valence-corrected chi connectivity index (χ0v) is 15.9. The van der Waals surface area contributed by atoms with E-state index < -0.39 is 17.1 Å². The van der Waals surface area contributed by atoms with Gasteiger partial charge in [-0.15, -0.1) is 4.73 Å². The number of anilines is 1. The van der Waals surface area contributed by atoms with Gasteiger partial charge in [-0.05, 0) is 11.1 Å². The van der Waals surface area contributed by atoms with Crippen LogP contribution in [0.3, 0.4) is 0 Å². The maximum absolute atomic E-state index is 13.0. The van der Waals surface area contributed by atoms with Crippen LogP contribution in [0.5, 0.6) is 0 Å². The zero-order valence-electron chi connectivity index (χ0n) is 15.9. The molecule has 150 valence electrons. The van der Waals surface area contributed by atoms with Crippen LogP contribution >= 0.6 is 0 Å². The molecule has 4 aromatic rings. The molecule has 2 aromatic carbocycles. The SMILES string of the molecule is O=C(O)c1c(NCc2ccccc2)c2cncnc2n(OCc2ccccc2)c1=O. The molecule has 0 bridgehead atoms. The van der Waals surface area contributed by atoms with E-state index in [1.807, 2.05) is 60.7 Å². The highest BCUT2D eigenvalue weighted by molar-refractivity contribution is 6.03. The molecule has 0 amide bonds. The van der Waals surface area contributed by atoms with Crippen molar-refractivity contribution in [3.05, 3.63) is 100 Å². The highest BCUT2D eigenvalue weighted by Gasteiger charge is 2.23. The van der Waals surface area contributed by atoms with Gasteiger partial charge in [-0.3, -0.25) is 4.79 Å². The number of hydrogen-bond acceptors (Lipinski definition) is 6. The van der Waals surface area contributed by atoms with Gasteiger partial charge in [-0.25, -0.2) is 14.8 Å². The first kappa shape index (κ1) is 19.1. The Hall–Kier alpha value is -4.20. The smallest absolute Gasteiger partial charge is 0.343 e. The van der Waals surface area contributed by atoms with Crippen molar-refractivity contribution in [3.63, 3.8) is 0 Å². The highest BCUT2D eigenvalue weighted by atomic mass is 16.7. The summed E-state index contributed by atoms with van der Waals surface area (Å²) < 4.78 is 0.918. The molecule has 0 aliphatic heterocycles. The predicted molar refractivity (Wildman–Crippen MR) is 111 cm³/mol. The summed E-state index contributed by atoms with van der Waals surface area (Å²) in [5, 5.41) is 13.2. The van der Waals surface area contributed by atoms with E-state index in [-0.39, 0.29) is 17.9 Å². The summed E-state index contributed by atoms with van der Waals surface area (Å²) in [5.74, 6) is -1.36. The molecule has 8 heteroatoms. The molecule has 0 saturated heterocycles. The summed E-state index contributed by atoms with van der Waals surface area (Å²) in [6.07, 6.45) is 2.75. The van der Waals surface area contributed by atoms with E-state index in [4.69, 9.17) is 4.84 Å². The summed E-state index contributed by atoms with van der Waals surface area (Å²) in [7, 11) is 0. The van der Waals surface area contributed by atoms with Crippen molar-refractivity contribution in [2.75, 3.05) is 5.32 Å². The first-order valence-corrected chi connectivity index (χ1v) is 9.22. The van der Waals surface area contributed by atoms with Crippen molar-refractivity contribution >= 4 is 22.7 Å². The zero-order chi connectivity index (χ0) is 20.9. The molecule has 0 spiro atoms. The number of hydrogen-bond donors (Lipinski definition) is 2. The van der Waals surface area contributed by atoms with Crippen LogP contribution in [0.25, 0.3) is 11.0 Å². The fraction of sp³-hybridized carbons (Fsp3) is 0.0909. The topological polar surface area (TPSA) is 106 Å². The van der Waals surface area contributed by atoms with E-state index in [1.54, 1.807) is 0 Å². The number of carboxylic acid groups (broad SMARTS) is 1. The Balaban J connectivity index is 1.79. The van der Waals surface area contributed by atoms with Crippen molar-refractivity contribution in [3.8, 4) is 0 Å². The number of aromatic carboxylic acids is 1. The van der Waals surface area contributed by atoms with E-state index in [1.165, 1.54) is 12.5 Å². The van der Waals surface area contributed by atoms with Gasteiger partial charge in [0.05, 0.1) is 11.1 Å². The number of benzene rings is 2. The number of carboxylic acids is 1. The van der Waals surface area contributed by atoms with Gasteiger partial charge in [0, 0.05) is 12.7 Å². The number of rotatable bonds is 7. The number of nitrogens with zero attached hydrogens (tertiary/aromatic N) is 3. The molecule has 2 heterocycles. The molecular weight excluding hydrogens is 384 g/mol. The predicted octanol–water partition coefficient (Wildman–Crippen LogP) is 2.73. The second-order valence-electron chi connectivity index (χ2n) is 6.51. The second kappa shape index (κ2) is 8.44. The highest BCUT2D eigenvalue weighted by Crippen LogP contribution is 2.24. The number of carbonyl (C=O) groups is 1. The molecule has 0 radical (unpaired) electrons. The van der Waals surface area contributed by atoms with Crippen LogP contribution in [0, 0.1) is 0 Å². The lowest BCUT2D eigenvalue weighted by Gasteiger charge is -2.16.